The summed E-state index contributed by atoms with van der Waals surface area (Å²) in [5, 5.41) is 9.61. The van der Waals surface area contributed by atoms with Crippen LogP contribution in [0.4, 0.5) is 10.8 Å². The van der Waals surface area contributed by atoms with E-state index < -0.39 is 0 Å². The maximum absolute atomic E-state index is 8.75. The summed E-state index contributed by atoms with van der Waals surface area (Å²) in [4.78, 5) is 6.52. The fraction of sp³-hybridized carbons (Fsp3) is 0.308. The summed E-state index contributed by atoms with van der Waals surface area (Å²) >= 11 is 1.38. The normalized spacial score (nSPS) is 10.0. The van der Waals surface area contributed by atoms with Gasteiger partial charge in [-0.3, -0.25) is 0 Å². The molecule has 2 rings (SSSR count). The van der Waals surface area contributed by atoms with E-state index in [2.05, 4.69) is 15.4 Å². The highest BCUT2D eigenvalue weighted by molar-refractivity contribution is 7.09. The van der Waals surface area contributed by atoms with Crippen molar-refractivity contribution in [3.8, 4) is 6.07 Å². The Morgan fingerprint density at radius 3 is 2.72 bits per heavy atom. The van der Waals surface area contributed by atoms with Crippen molar-refractivity contribution in [1.82, 2.24) is 9.36 Å². The van der Waals surface area contributed by atoms with Gasteiger partial charge in [0, 0.05) is 30.2 Å². The topological polar surface area (TPSA) is 52.8 Å². The number of hydrogen-bond donors (Lipinski definition) is 0. The Morgan fingerprint density at radius 1 is 1.33 bits per heavy atom. The summed E-state index contributed by atoms with van der Waals surface area (Å²) in [6.07, 6.45) is 1.30. The number of hydrogen-bond acceptors (Lipinski definition) is 5. The van der Waals surface area contributed by atoms with Crippen LogP contribution < -0.4 is 4.90 Å². The smallest absolute Gasteiger partial charge is 0.209 e. The van der Waals surface area contributed by atoms with Crippen molar-refractivity contribution in [3.63, 3.8) is 0 Å². The molecule has 0 atom stereocenters. The van der Waals surface area contributed by atoms with Gasteiger partial charge in [-0.15, -0.1) is 0 Å². The van der Waals surface area contributed by atoms with Crippen LogP contribution in [0.25, 0.3) is 0 Å². The predicted molar refractivity (Wildman–Crippen MR) is 73.0 cm³/mol. The van der Waals surface area contributed by atoms with Gasteiger partial charge in [-0.2, -0.15) is 9.64 Å². The van der Waals surface area contributed by atoms with Gasteiger partial charge in [0.05, 0.1) is 12.5 Å². The van der Waals surface area contributed by atoms with E-state index >= 15 is 0 Å². The Hall–Kier alpha value is -1.93. The third-order valence-electron chi connectivity index (χ3n) is 2.52. The van der Waals surface area contributed by atoms with Gasteiger partial charge in [-0.05, 0) is 12.1 Å². The molecule has 0 bridgehead atoms. The van der Waals surface area contributed by atoms with Crippen molar-refractivity contribution in [3.05, 3.63) is 36.2 Å². The predicted octanol–water partition coefficient (Wildman–Crippen LogP) is 3.15. The first-order chi connectivity index (χ1) is 8.85. The van der Waals surface area contributed by atoms with Gasteiger partial charge >= 0.3 is 0 Å². The van der Waals surface area contributed by atoms with E-state index in [-0.39, 0.29) is 0 Å². The van der Waals surface area contributed by atoms with Crippen LogP contribution in [0.3, 0.4) is 0 Å². The molecule has 0 fully saturated rings. The Labute approximate surface area is 111 Å². The SMILES string of the molecule is CCc1nsc(N(CCC#N)c2ccccc2)n1. The lowest BCUT2D eigenvalue weighted by molar-refractivity contribution is 0.922. The van der Waals surface area contributed by atoms with Crippen LogP contribution in [0, 0.1) is 11.3 Å². The number of aryl methyl sites for hydroxylation is 1. The first kappa shape index (κ1) is 12.5. The maximum Gasteiger partial charge on any atom is 0.209 e. The van der Waals surface area contributed by atoms with E-state index in [9.17, 15) is 0 Å². The highest BCUT2D eigenvalue weighted by Crippen LogP contribution is 2.26. The molecule has 0 spiro atoms. The van der Waals surface area contributed by atoms with Crippen LogP contribution >= 0.6 is 11.5 Å². The number of nitrogens with zero attached hydrogens (tertiary/aromatic N) is 4. The van der Waals surface area contributed by atoms with Gasteiger partial charge in [0.1, 0.15) is 5.82 Å². The van der Waals surface area contributed by atoms with Crippen molar-refractivity contribution in [2.24, 2.45) is 0 Å². The van der Waals surface area contributed by atoms with Crippen molar-refractivity contribution in [2.45, 2.75) is 19.8 Å². The summed E-state index contributed by atoms with van der Waals surface area (Å²) in [6, 6.07) is 12.2. The molecule has 0 N–H and O–H groups in total. The van der Waals surface area contributed by atoms with Crippen molar-refractivity contribution >= 4 is 22.4 Å². The second-order valence-corrected chi connectivity index (χ2v) is 4.47. The van der Waals surface area contributed by atoms with Gasteiger partial charge in [-0.1, -0.05) is 25.1 Å². The summed E-state index contributed by atoms with van der Waals surface area (Å²) in [7, 11) is 0. The maximum atomic E-state index is 8.75. The zero-order chi connectivity index (χ0) is 12.8. The minimum atomic E-state index is 0.468. The molecule has 0 saturated heterocycles. The minimum Gasteiger partial charge on any atom is -0.316 e. The zero-order valence-electron chi connectivity index (χ0n) is 10.2. The molecule has 0 unspecified atom stereocenters. The molecule has 0 aliphatic heterocycles. The van der Waals surface area contributed by atoms with Gasteiger partial charge in [-0.25, -0.2) is 4.98 Å². The fourth-order valence-electron chi connectivity index (χ4n) is 1.60. The van der Waals surface area contributed by atoms with E-state index in [0.717, 1.165) is 23.1 Å². The standard InChI is InChI=1S/C13H14N4S/c1-2-12-15-13(18-16-12)17(10-6-9-14)11-7-4-3-5-8-11/h3-5,7-8H,2,6,10H2,1H3. The third kappa shape index (κ3) is 2.84. The molecule has 0 aliphatic rings. The van der Waals surface area contributed by atoms with Gasteiger partial charge in [0.15, 0.2) is 0 Å². The van der Waals surface area contributed by atoms with Crippen LogP contribution in [0.5, 0.6) is 0 Å². The van der Waals surface area contributed by atoms with E-state index in [4.69, 9.17) is 5.26 Å². The fourth-order valence-corrected chi connectivity index (χ4v) is 2.40. The summed E-state index contributed by atoms with van der Waals surface area (Å²) < 4.78 is 4.30. The molecule has 92 valence electrons. The Kier molecular flexibility index (Phi) is 4.26. The zero-order valence-corrected chi connectivity index (χ0v) is 11.0. The quantitative estimate of drug-likeness (QED) is 0.826. The molecule has 5 heteroatoms. The van der Waals surface area contributed by atoms with E-state index in [1.165, 1.54) is 11.5 Å². The Balaban J connectivity index is 2.28. The number of anilines is 2. The minimum absolute atomic E-state index is 0.468. The van der Waals surface area contributed by atoms with E-state index in [0.29, 0.717) is 13.0 Å². The lowest BCUT2D eigenvalue weighted by Gasteiger charge is -2.19. The molecule has 4 nitrogen and oxygen atoms in total. The second kappa shape index (κ2) is 6.12. The lowest BCUT2D eigenvalue weighted by atomic mass is 10.3. The van der Waals surface area contributed by atoms with Crippen molar-refractivity contribution in [2.75, 3.05) is 11.4 Å². The average molecular weight is 258 g/mol. The van der Waals surface area contributed by atoms with Gasteiger partial charge in [0.2, 0.25) is 5.13 Å². The molecule has 1 aromatic heterocycles. The molecule has 0 saturated carbocycles. The highest BCUT2D eigenvalue weighted by atomic mass is 32.1. The van der Waals surface area contributed by atoms with Crippen LogP contribution in [0.2, 0.25) is 0 Å². The molecule has 0 aliphatic carbocycles. The van der Waals surface area contributed by atoms with Gasteiger partial charge < -0.3 is 4.90 Å². The lowest BCUT2D eigenvalue weighted by Crippen LogP contribution is -2.17. The summed E-state index contributed by atoms with van der Waals surface area (Å²) in [5.41, 5.74) is 1.05. The molecule has 1 aromatic carbocycles. The number of nitriles is 1. The monoisotopic (exact) mass is 258 g/mol. The van der Waals surface area contributed by atoms with Crippen LogP contribution in [-0.4, -0.2) is 15.9 Å². The first-order valence-electron chi connectivity index (χ1n) is 5.87. The molecule has 0 radical (unpaired) electrons. The molecule has 2 aromatic rings. The number of aromatic nitrogens is 2. The molecule has 0 amide bonds. The van der Waals surface area contributed by atoms with Crippen LogP contribution in [0.15, 0.2) is 30.3 Å². The van der Waals surface area contributed by atoms with Crippen molar-refractivity contribution in [1.29, 1.82) is 5.26 Å². The molecular weight excluding hydrogens is 244 g/mol. The average Bonchev–Trinajstić information content (AvgIpc) is 2.89. The van der Waals surface area contributed by atoms with Crippen LogP contribution in [-0.2, 0) is 6.42 Å². The summed E-state index contributed by atoms with van der Waals surface area (Å²) in [5.74, 6) is 0.855. The largest absolute Gasteiger partial charge is 0.316 e. The van der Waals surface area contributed by atoms with Gasteiger partial charge in [0.25, 0.3) is 0 Å². The molecule has 18 heavy (non-hydrogen) atoms. The van der Waals surface area contributed by atoms with Crippen molar-refractivity contribution < 1.29 is 0 Å². The Morgan fingerprint density at radius 2 is 2.11 bits per heavy atom. The second-order valence-electron chi connectivity index (χ2n) is 3.74. The Bertz CT molecular complexity index is 529. The molecule has 1 heterocycles. The number of benzene rings is 1. The molecular formula is C13H14N4S. The third-order valence-corrected chi connectivity index (χ3v) is 3.30. The number of rotatable bonds is 5. The van der Waals surface area contributed by atoms with E-state index in [1.807, 2.05) is 42.2 Å². The number of para-hydroxylation sites is 1. The first-order valence-corrected chi connectivity index (χ1v) is 6.64. The van der Waals surface area contributed by atoms with Crippen LogP contribution in [0.1, 0.15) is 19.2 Å². The summed E-state index contributed by atoms with van der Waals surface area (Å²) in [6.45, 7) is 2.67. The van der Waals surface area contributed by atoms with E-state index in [1.54, 1.807) is 0 Å². The highest BCUT2D eigenvalue weighted by Gasteiger charge is 2.13.